The summed E-state index contributed by atoms with van der Waals surface area (Å²) in [5.41, 5.74) is 1.65. The lowest BCUT2D eigenvalue weighted by atomic mass is 9.92. The molecule has 0 radical (unpaired) electrons. The first-order valence-electron chi connectivity index (χ1n) is 8.74. The van der Waals surface area contributed by atoms with Crippen molar-refractivity contribution in [3.8, 4) is 5.75 Å². The predicted octanol–water partition coefficient (Wildman–Crippen LogP) is 4.18. The van der Waals surface area contributed by atoms with Crippen LogP contribution in [0.25, 0.3) is 10.8 Å². The molecule has 0 aliphatic carbocycles. The van der Waals surface area contributed by atoms with Crippen molar-refractivity contribution in [3.05, 3.63) is 77.9 Å². The molecule has 0 saturated carbocycles. The average Bonchev–Trinajstić information content (AvgIpc) is 2.67. The highest BCUT2D eigenvalue weighted by Gasteiger charge is 2.22. The minimum absolute atomic E-state index is 0.0664. The van der Waals surface area contributed by atoms with E-state index in [2.05, 4.69) is 5.32 Å². The smallest absolute Gasteiger partial charge is 0.220 e. The lowest BCUT2D eigenvalue weighted by Gasteiger charge is -2.22. The second kappa shape index (κ2) is 8.50. The van der Waals surface area contributed by atoms with Gasteiger partial charge in [0.1, 0.15) is 5.75 Å². The number of phenols is 1. The topological polar surface area (TPSA) is 58.6 Å². The van der Waals surface area contributed by atoms with E-state index in [4.69, 9.17) is 4.74 Å². The van der Waals surface area contributed by atoms with E-state index in [1.807, 2.05) is 60.7 Å². The Morgan fingerprint density at radius 1 is 1.04 bits per heavy atom. The summed E-state index contributed by atoms with van der Waals surface area (Å²) in [7, 11) is 1.62. The monoisotopic (exact) mass is 349 g/mol. The van der Waals surface area contributed by atoms with Gasteiger partial charge in [0, 0.05) is 25.7 Å². The highest BCUT2D eigenvalue weighted by Crippen LogP contribution is 2.35. The molecule has 0 bridgehead atoms. The Kier molecular flexibility index (Phi) is 5.87. The van der Waals surface area contributed by atoms with Crippen molar-refractivity contribution in [2.24, 2.45) is 0 Å². The van der Waals surface area contributed by atoms with Gasteiger partial charge in [-0.15, -0.1) is 0 Å². The van der Waals surface area contributed by atoms with Crippen LogP contribution in [-0.4, -0.2) is 24.7 Å². The number of fused-ring (bicyclic) bond motifs is 1. The van der Waals surface area contributed by atoms with Crippen LogP contribution >= 0.6 is 0 Å². The van der Waals surface area contributed by atoms with Crippen molar-refractivity contribution in [1.29, 1.82) is 0 Å². The van der Waals surface area contributed by atoms with Gasteiger partial charge < -0.3 is 15.2 Å². The first-order chi connectivity index (χ1) is 12.7. The molecular weight excluding hydrogens is 326 g/mol. The Hall–Kier alpha value is -2.85. The molecule has 1 amide bonds. The molecule has 4 nitrogen and oxygen atoms in total. The Morgan fingerprint density at radius 3 is 2.54 bits per heavy atom. The number of rotatable bonds is 7. The fraction of sp³-hybridized carbons (Fsp3) is 0.227. The van der Waals surface area contributed by atoms with Crippen LogP contribution in [0.5, 0.6) is 5.75 Å². The summed E-state index contributed by atoms with van der Waals surface area (Å²) >= 11 is 0. The third-order valence-electron chi connectivity index (χ3n) is 4.43. The minimum atomic E-state index is -0.419. The maximum absolute atomic E-state index is 12.5. The van der Waals surface area contributed by atoms with Gasteiger partial charge in [-0.25, -0.2) is 0 Å². The molecule has 0 saturated heterocycles. The number of amides is 1. The van der Waals surface area contributed by atoms with Crippen molar-refractivity contribution in [3.63, 3.8) is 0 Å². The highest BCUT2D eigenvalue weighted by molar-refractivity contribution is 5.89. The Morgan fingerprint density at radius 2 is 1.77 bits per heavy atom. The van der Waals surface area contributed by atoms with Gasteiger partial charge in [0.2, 0.25) is 5.91 Å². The van der Waals surface area contributed by atoms with Crippen LogP contribution < -0.4 is 5.32 Å². The fourth-order valence-corrected chi connectivity index (χ4v) is 3.17. The lowest BCUT2D eigenvalue weighted by molar-refractivity contribution is -0.121. The summed E-state index contributed by atoms with van der Waals surface area (Å²) in [5.74, 6) is 0.109. The molecule has 0 aliphatic heterocycles. The molecule has 3 aromatic carbocycles. The summed E-state index contributed by atoms with van der Waals surface area (Å²) in [5, 5.41) is 15.6. The maximum atomic E-state index is 12.5. The molecule has 0 unspecified atom stereocenters. The molecule has 0 aromatic heterocycles. The minimum Gasteiger partial charge on any atom is -0.508 e. The molecule has 0 aliphatic rings. The molecule has 2 N–H and O–H groups in total. The van der Waals surface area contributed by atoms with Gasteiger partial charge in [-0.2, -0.15) is 0 Å². The molecule has 0 fully saturated rings. The zero-order chi connectivity index (χ0) is 18.4. The van der Waals surface area contributed by atoms with E-state index in [1.54, 1.807) is 13.2 Å². The molecule has 26 heavy (non-hydrogen) atoms. The van der Waals surface area contributed by atoms with Crippen LogP contribution in [0.1, 0.15) is 30.0 Å². The molecule has 3 rings (SSSR count). The van der Waals surface area contributed by atoms with Crippen LogP contribution in [0.15, 0.2) is 66.7 Å². The third kappa shape index (κ3) is 4.03. The first-order valence-corrected chi connectivity index (χ1v) is 8.74. The number of benzene rings is 3. The third-order valence-corrected chi connectivity index (χ3v) is 4.43. The molecule has 0 heterocycles. The van der Waals surface area contributed by atoms with Gasteiger partial charge in [-0.1, -0.05) is 60.7 Å². The van der Waals surface area contributed by atoms with Gasteiger partial charge in [0.05, 0.1) is 6.04 Å². The number of ether oxygens (including phenoxy) is 1. The molecular formula is C22H23NO3. The summed E-state index contributed by atoms with van der Waals surface area (Å²) in [6.45, 7) is 0.545. The van der Waals surface area contributed by atoms with Crippen LogP contribution in [0.3, 0.4) is 0 Å². The number of aromatic hydroxyl groups is 1. The summed E-state index contributed by atoms with van der Waals surface area (Å²) < 4.78 is 5.02. The number of hydrogen-bond acceptors (Lipinski definition) is 3. The van der Waals surface area contributed by atoms with Crippen LogP contribution in [0, 0.1) is 0 Å². The fourth-order valence-electron chi connectivity index (χ4n) is 3.17. The lowest BCUT2D eigenvalue weighted by Crippen LogP contribution is -2.29. The predicted molar refractivity (Wildman–Crippen MR) is 103 cm³/mol. The Labute approximate surface area is 153 Å². The van der Waals surface area contributed by atoms with Gasteiger partial charge in [0.25, 0.3) is 0 Å². The number of methoxy groups -OCH3 is 1. The van der Waals surface area contributed by atoms with E-state index in [9.17, 15) is 9.90 Å². The summed E-state index contributed by atoms with van der Waals surface area (Å²) in [6.07, 6.45) is 1.04. The van der Waals surface area contributed by atoms with Crippen molar-refractivity contribution in [2.45, 2.75) is 18.9 Å². The molecule has 134 valence electrons. The van der Waals surface area contributed by atoms with Gasteiger partial charge in [-0.05, 0) is 28.8 Å². The molecule has 4 heteroatoms. The molecule has 3 aromatic rings. The Bertz CT molecular complexity index is 877. The van der Waals surface area contributed by atoms with Crippen molar-refractivity contribution in [2.75, 3.05) is 13.7 Å². The van der Waals surface area contributed by atoms with Gasteiger partial charge in [-0.3, -0.25) is 4.79 Å². The summed E-state index contributed by atoms with van der Waals surface area (Å²) in [6, 6.07) is 20.7. The number of carbonyl (C=O) groups excluding carboxylic acids is 1. The molecule has 1 atom stereocenters. The standard InChI is InChI=1S/C22H23NO3/c1-26-15-7-12-20(25)23-22(17-9-3-2-4-10-17)21-18-11-6-5-8-16(18)13-14-19(21)24/h2-6,8-11,13-14,22,24H,7,12,15H2,1H3,(H,23,25)/t22-/m0/s1. The highest BCUT2D eigenvalue weighted by atomic mass is 16.5. The Balaban J connectivity index is 2.02. The van der Waals surface area contributed by atoms with Gasteiger partial charge in [0.15, 0.2) is 0 Å². The quantitative estimate of drug-likeness (QED) is 0.629. The maximum Gasteiger partial charge on any atom is 0.220 e. The second-order valence-electron chi connectivity index (χ2n) is 6.23. The van der Waals surface area contributed by atoms with Crippen LogP contribution in [0.4, 0.5) is 0 Å². The largest absolute Gasteiger partial charge is 0.508 e. The second-order valence-corrected chi connectivity index (χ2v) is 6.23. The van der Waals surface area contributed by atoms with Crippen molar-refractivity contribution < 1.29 is 14.6 Å². The van der Waals surface area contributed by atoms with E-state index in [1.165, 1.54) is 0 Å². The normalized spacial score (nSPS) is 12.0. The zero-order valence-electron chi connectivity index (χ0n) is 14.8. The number of phenolic OH excluding ortho intramolecular Hbond substituents is 1. The van der Waals surface area contributed by atoms with E-state index < -0.39 is 6.04 Å². The number of nitrogens with one attached hydrogen (secondary N) is 1. The van der Waals surface area contributed by atoms with Crippen molar-refractivity contribution >= 4 is 16.7 Å². The van der Waals surface area contributed by atoms with Crippen LogP contribution in [0.2, 0.25) is 0 Å². The average molecular weight is 349 g/mol. The van der Waals surface area contributed by atoms with Crippen LogP contribution in [-0.2, 0) is 9.53 Å². The molecule has 0 spiro atoms. The zero-order valence-corrected chi connectivity index (χ0v) is 14.8. The number of hydrogen-bond donors (Lipinski definition) is 2. The summed E-state index contributed by atoms with van der Waals surface area (Å²) in [4.78, 5) is 12.5. The SMILES string of the molecule is COCCCC(=O)N[C@@H](c1ccccc1)c1c(O)ccc2ccccc12. The first kappa shape index (κ1) is 18.0. The van der Waals surface area contributed by atoms with E-state index in [0.717, 1.165) is 21.9 Å². The van der Waals surface area contributed by atoms with E-state index in [-0.39, 0.29) is 11.7 Å². The van der Waals surface area contributed by atoms with Gasteiger partial charge >= 0.3 is 0 Å². The number of carbonyl (C=O) groups is 1. The van der Waals surface area contributed by atoms with E-state index >= 15 is 0 Å². The van der Waals surface area contributed by atoms with Crippen molar-refractivity contribution in [1.82, 2.24) is 5.32 Å². The van der Waals surface area contributed by atoms with E-state index in [0.29, 0.717) is 19.4 Å².